The predicted octanol–water partition coefficient (Wildman–Crippen LogP) is 6.64. The third-order valence-corrected chi connectivity index (χ3v) is 7.47. The summed E-state index contributed by atoms with van der Waals surface area (Å²) < 4.78 is 41.7. The van der Waals surface area contributed by atoms with E-state index in [1.54, 1.807) is 36.4 Å². The molecule has 6 aromatic rings. The zero-order valence-electron chi connectivity index (χ0n) is 29.8. The van der Waals surface area contributed by atoms with Gasteiger partial charge in [-0.2, -0.15) is 0 Å². The monoisotopic (exact) mass is 736 g/mol. The second kappa shape index (κ2) is 16.4. The molecule has 0 unspecified atom stereocenters. The van der Waals surface area contributed by atoms with Crippen molar-refractivity contribution < 1.29 is 56.4 Å². The molecule has 54 heavy (non-hydrogen) atoms. The van der Waals surface area contributed by atoms with E-state index in [0.717, 1.165) is 0 Å². The van der Waals surface area contributed by atoms with Crippen LogP contribution >= 0.6 is 0 Å². The van der Waals surface area contributed by atoms with Crippen molar-refractivity contribution >= 4 is 45.8 Å². The van der Waals surface area contributed by atoms with Crippen LogP contribution in [0.25, 0.3) is 44.2 Å². The van der Waals surface area contributed by atoms with Crippen LogP contribution in [0.2, 0.25) is 0 Å². The van der Waals surface area contributed by atoms with Crippen LogP contribution in [0.1, 0.15) is 27.7 Å². The fourth-order valence-corrected chi connectivity index (χ4v) is 5.22. The molecule has 2 heterocycles. The minimum atomic E-state index is -0.477. The largest absolute Gasteiger partial charge is 0.493 e. The second-order valence-corrected chi connectivity index (χ2v) is 11.4. The Morgan fingerprint density at radius 3 is 1.17 bits per heavy atom. The topological polar surface area (TPSA) is 184 Å². The lowest BCUT2D eigenvalue weighted by Crippen LogP contribution is -2.07. The van der Waals surface area contributed by atoms with E-state index in [2.05, 4.69) is 0 Å². The van der Waals surface area contributed by atoms with Gasteiger partial charge in [-0.15, -0.1) is 0 Å². The molecule has 0 aliphatic rings. The van der Waals surface area contributed by atoms with Gasteiger partial charge in [-0.3, -0.25) is 28.8 Å². The first-order valence-electron chi connectivity index (χ1n) is 16.0. The number of rotatable bonds is 8. The van der Waals surface area contributed by atoms with Gasteiger partial charge in [0.25, 0.3) is 0 Å². The van der Waals surface area contributed by atoms with Gasteiger partial charge in [-0.1, -0.05) is 12.1 Å². The number of carbonyl (C=O) groups excluding carboxylic acids is 4. The van der Waals surface area contributed by atoms with E-state index in [0.29, 0.717) is 67.2 Å². The summed E-state index contributed by atoms with van der Waals surface area (Å²) in [4.78, 5) is 70.1. The van der Waals surface area contributed by atoms with Crippen LogP contribution in [0.5, 0.6) is 34.5 Å². The molecule has 0 amide bonds. The van der Waals surface area contributed by atoms with Gasteiger partial charge in [0.05, 0.1) is 36.1 Å². The number of hydrogen-bond donors (Lipinski definition) is 0. The number of fused-ring (bicyclic) bond motifs is 2. The molecule has 0 atom stereocenters. The lowest BCUT2D eigenvalue weighted by atomic mass is 10.0. The zero-order valence-corrected chi connectivity index (χ0v) is 29.8. The van der Waals surface area contributed by atoms with Crippen LogP contribution in [-0.2, 0) is 19.2 Å². The Morgan fingerprint density at radius 2 is 0.833 bits per heavy atom. The van der Waals surface area contributed by atoms with Crippen LogP contribution in [-0.4, -0.2) is 38.1 Å². The minimum Gasteiger partial charge on any atom is -0.493 e. The summed E-state index contributed by atoms with van der Waals surface area (Å²) in [6, 6.07) is 18.6. The summed E-state index contributed by atoms with van der Waals surface area (Å²) in [5, 5.41) is 0.679. The van der Waals surface area contributed by atoms with E-state index in [1.807, 2.05) is 0 Å². The first kappa shape index (κ1) is 38.0. The number of carbonyl (C=O) groups is 4. The summed E-state index contributed by atoms with van der Waals surface area (Å²) in [5.41, 5.74) is 1.80. The molecule has 0 saturated carbocycles. The van der Waals surface area contributed by atoms with Crippen molar-refractivity contribution in [2.75, 3.05) is 14.2 Å². The number of hydrogen-bond acceptors (Lipinski definition) is 14. The van der Waals surface area contributed by atoms with E-state index < -0.39 is 23.9 Å². The smallest absolute Gasteiger partial charge is 0.308 e. The quantitative estimate of drug-likeness (QED) is 0.120. The third kappa shape index (κ3) is 8.80. The van der Waals surface area contributed by atoms with E-state index in [4.69, 9.17) is 37.3 Å². The Bertz CT molecular complexity index is 2370. The van der Waals surface area contributed by atoms with Gasteiger partial charge < -0.3 is 37.3 Å². The fraction of sp³-hybridized carbons (Fsp3) is 0.150. The van der Waals surface area contributed by atoms with Gasteiger partial charge in [0.2, 0.25) is 0 Å². The molecule has 4 aromatic carbocycles. The van der Waals surface area contributed by atoms with Gasteiger partial charge >= 0.3 is 23.9 Å². The molecular weight excluding hydrogens is 704 g/mol. The van der Waals surface area contributed by atoms with E-state index in [9.17, 15) is 28.8 Å². The third-order valence-electron chi connectivity index (χ3n) is 7.47. The molecule has 0 radical (unpaired) electrons. The van der Waals surface area contributed by atoms with Crippen molar-refractivity contribution in [2.45, 2.75) is 27.7 Å². The Morgan fingerprint density at radius 1 is 0.463 bits per heavy atom. The molecule has 0 aliphatic carbocycles. The number of methoxy groups -OCH3 is 2. The van der Waals surface area contributed by atoms with Crippen LogP contribution in [0.4, 0.5) is 0 Å². The molecule has 0 saturated heterocycles. The van der Waals surface area contributed by atoms with Crippen molar-refractivity contribution in [3.63, 3.8) is 0 Å². The van der Waals surface area contributed by atoms with E-state index in [-0.39, 0.29) is 22.4 Å². The molecule has 276 valence electrons. The Hall–Kier alpha value is -7.22. The van der Waals surface area contributed by atoms with E-state index in [1.165, 1.54) is 90.8 Å². The van der Waals surface area contributed by atoms with Gasteiger partial charge in [0, 0.05) is 39.8 Å². The highest BCUT2D eigenvalue weighted by molar-refractivity contribution is 5.85. The first-order chi connectivity index (χ1) is 25.8. The number of benzene rings is 4. The molecule has 0 fully saturated rings. The van der Waals surface area contributed by atoms with Crippen LogP contribution in [0.3, 0.4) is 0 Å². The average Bonchev–Trinajstić information content (AvgIpc) is 3.12. The summed E-state index contributed by atoms with van der Waals surface area (Å²) in [5.74, 6) is -0.169. The lowest BCUT2D eigenvalue weighted by Gasteiger charge is -2.10. The van der Waals surface area contributed by atoms with Crippen molar-refractivity contribution in [3.8, 4) is 56.8 Å². The molecule has 6 rings (SSSR count). The SMILES string of the molecule is COc1cc(-c2coc3cc(OC(C)=O)ccc3c2=O)ccc1OC(C)=O.COc1cc(-c2coc3cc(OC(C)=O)ccc3c2=O)ccc1OC(C)=O. The molecule has 0 bridgehead atoms. The van der Waals surface area contributed by atoms with Crippen molar-refractivity contribution in [3.05, 3.63) is 106 Å². The van der Waals surface area contributed by atoms with Crippen molar-refractivity contribution in [2.24, 2.45) is 0 Å². The second-order valence-electron chi connectivity index (χ2n) is 11.4. The van der Waals surface area contributed by atoms with Gasteiger partial charge in [-0.25, -0.2) is 0 Å². The highest BCUT2D eigenvalue weighted by Crippen LogP contribution is 2.34. The van der Waals surface area contributed by atoms with Crippen LogP contribution in [0.15, 0.2) is 104 Å². The molecular formula is C40H32O14. The summed E-state index contributed by atoms with van der Waals surface area (Å²) in [6.07, 6.45) is 2.64. The zero-order chi connectivity index (χ0) is 39.1. The normalized spacial score (nSPS) is 10.5. The standard InChI is InChI=1S/2C20H16O7/c2*1-11(21)26-14-5-6-15-18(9-14)25-10-16(20(15)23)13-4-7-17(27-12(2)22)19(8-13)24-3/h2*4-10H,1-3H3. The average molecular weight is 737 g/mol. The highest BCUT2D eigenvalue weighted by Gasteiger charge is 2.16. The maximum atomic E-state index is 12.8. The van der Waals surface area contributed by atoms with E-state index >= 15 is 0 Å². The number of esters is 4. The molecule has 0 N–H and O–H groups in total. The predicted molar refractivity (Wildman–Crippen MR) is 194 cm³/mol. The Labute approximate surface area is 306 Å². The molecule has 0 spiro atoms. The van der Waals surface area contributed by atoms with Crippen molar-refractivity contribution in [1.29, 1.82) is 0 Å². The first-order valence-corrected chi connectivity index (χ1v) is 16.0. The molecule has 14 heteroatoms. The maximum absolute atomic E-state index is 12.8. The van der Waals surface area contributed by atoms with Gasteiger partial charge in [0.15, 0.2) is 33.9 Å². The number of ether oxygens (including phenoxy) is 6. The lowest BCUT2D eigenvalue weighted by molar-refractivity contribution is -0.132. The highest BCUT2D eigenvalue weighted by atomic mass is 16.6. The van der Waals surface area contributed by atoms with Crippen LogP contribution in [0, 0.1) is 0 Å². The van der Waals surface area contributed by atoms with Crippen molar-refractivity contribution in [1.82, 2.24) is 0 Å². The van der Waals surface area contributed by atoms with Gasteiger partial charge in [-0.05, 0) is 59.7 Å². The van der Waals surface area contributed by atoms with Crippen LogP contribution < -0.4 is 39.3 Å². The van der Waals surface area contributed by atoms with Gasteiger partial charge in [0.1, 0.15) is 35.2 Å². The molecule has 2 aromatic heterocycles. The summed E-state index contributed by atoms with van der Waals surface area (Å²) >= 11 is 0. The summed E-state index contributed by atoms with van der Waals surface area (Å²) in [7, 11) is 2.87. The fourth-order valence-electron chi connectivity index (χ4n) is 5.22. The Balaban J connectivity index is 0.000000208. The minimum absolute atomic E-state index is 0.255. The summed E-state index contributed by atoms with van der Waals surface area (Å²) in [6.45, 7) is 5.15. The maximum Gasteiger partial charge on any atom is 0.308 e. The molecule has 14 nitrogen and oxygen atoms in total. The Kier molecular flexibility index (Phi) is 11.6. The molecule has 0 aliphatic heterocycles.